The van der Waals surface area contributed by atoms with E-state index < -0.39 is 0 Å². The van der Waals surface area contributed by atoms with Gasteiger partial charge in [0.1, 0.15) is 9.83 Å². The Balaban J connectivity index is 1.21. The first-order valence-electron chi connectivity index (χ1n) is 11.4. The van der Waals surface area contributed by atoms with E-state index in [9.17, 15) is 0 Å². The van der Waals surface area contributed by atoms with Crippen molar-refractivity contribution in [2.24, 2.45) is 20.5 Å². The highest BCUT2D eigenvalue weighted by molar-refractivity contribution is 7.30. The minimum atomic E-state index is 0.660. The van der Waals surface area contributed by atoms with Crippen molar-refractivity contribution in [1.82, 2.24) is 4.98 Å². The van der Waals surface area contributed by atoms with Gasteiger partial charge in [0.15, 0.2) is 0 Å². The Morgan fingerprint density at radius 1 is 0.848 bits per heavy atom. The molecule has 0 amide bonds. The van der Waals surface area contributed by atoms with Crippen LogP contribution in [0, 0.1) is 0 Å². The van der Waals surface area contributed by atoms with Gasteiger partial charge < -0.3 is 4.90 Å². The summed E-state index contributed by atoms with van der Waals surface area (Å²) >= 11 is 3.04. The second-order valence-electron chi connectivity index (χ2n) is 8.13. The van der Waals surface area contributed by atoms with Crippen molar-refractivity contribution in [3.05, 3.63) is 60.2 Å². The number of thiazole rings is 1. The maximum absolute atomic E-state index is 4.59. The van der Waals surface area contributed by atoms with E-state index in [1.54, 1.807) is 0 Å². The maximum Gasteiger partial charge on any atom is 0.231 e. The summed E-state index contributed by atoms with van der Waals surface area (Å²) < 4.78 is 1.06. The summed E-state index contributed by atoms with van der Waals surface area (Å²) in [7, 11) is 0. The Bertz CT molecular complexity index is 1220. The number of benzene rings is 2. The lowest BCUT2D eigenvalue weighted by molar-refractivity contribution is 0.795. The van der Waals surface area contributed by atoms with E-state index in [0.29, 0.717) is 5.13 Å². The Morgan fingerprint density at radius 2 is 1.55 bits per heavy atom. The Morgan fingerprint density at radius 3 is 2.24 bits per heavy atom. The Hall–Kier alpha value is -2.97. The smallest absolute Gasteiger partial charge is 0.231 e. The van der Waals surface area contributed by atoms with Gasteiger partial charge in [-0.2, -0.15) is 0 Å². The standard InChI is InChI=1S/C25H26N6S2/c1-2-3-6-18-7-9-19(10-8-18)28-30-25-26-24-22(32-25)17-23(33-24)29-27-20-11-13-21(14-12-20)31-15-4-5-16-31/h7-14,17H,2-6,15-16H2,1H3. The van der Waals surface area contributed by atoms with Crippen molar-refractivity contribution in [3.8, 4) is 0 Å². The number of hydrogen-bond acceptors (Lipinski definition) is 8. The van der Waals surface area contributed by atoms with Crippen molar-refractivity contribution < 1.29 is 0 Å². The molecule has 6 nitrogen and oxygen atoms in total. The molecule has 8 heteroatoms. The largest absolute Gasteiger partial charge is 0.372 e. The number of anilines is 1. The van der Waals surface area contributed by atoms with E-state index >= 15 is 0 Å². The van der Waals surface area contributed by atoms with Gasteiger partial charge in [0.2, 0.25) is 5.13 Å². The summed E-state index contributed by atoms with van der Waals surface area (Å²) in [6.07, 6.45) is 6.09. The molecule has 1 fully saturated rings. The molecule has 0 N–H and O–H groups in total. The minimum absolute atomic E-state index is 0.660. The van der Waals surface area contributed by atoms with Gasteiger partial charge in [-0.05, 0) is 73.7 Å². The summed E-state index contributed by atoms with van der Waals surface area (Å²) in [6, 6.07) is 18.6. The molecule has 0 unspecified atom stereocenters. The van der Waals surface area contributed by atoms with Gasteiger partial charge in [-0.1, -0.05) is 48.2 Å². The molecule has 0 bridgehead atoms. The maximum atomic E-state index is 4.59. The van der Waals surface area contributed by atoms with Gasteiger partial charge in [-0.25, -0.2) is 4.98 Å². The highest BCUT2D eigenvalue weighted by Crippen LogP contribution is 2.39. The molecule has 0 spiro atoms. The number of thiophene rings is 1. The zero-order chi connectivity index (χ0) is 22.5. The fourth-order valence-corrected chi connectivity index (χ4v) is 5.68. The van der Waals surface area contributed by atoms with Crippen LogP contribution in [0.3, 0.4) is 0 Å². The molecule has 5 rings (SSSR count). The average molecular weight is 475 g/mol. The molecule has 1 aliphatic rings. The number of hydrogen-bond donors (Lipinski definition) is 0. The molecule has 33 heavy (non-hydrogen) atoms. The lowest BCUT2D eigenvalue weighted by Gasteiger charge is -2.17. The van der Waals surface area contributed by atoms with Crippen LogP contribution >= 0.6 is 22.7 Å². The second-order valence-corrected chi connectivity index (χ2v) is 10.1. The molecule has 0 radical (unpaired) electrons. The van der Waals surface area contributed by atoms with Crippen LogP contribution in [0.15, 0.2) is 75.1 Å². The zero-order valence-corrected chi connectivity index (χ0v) is 20.3. The molecule has 0 aliphatic carbocycles. The van der Waals surface area contributed by atoms with Crippen LogP contribution in [-0.2, 0) is 6.42 Å². The van der Waals surface area contributed by atoms with E-state index in [2.05, 4.69) is 61.5 Å². The molecule has 3 heterocycles. The van der Waals surface area contributed by atoms with Crippen LogP contribution in [0.5, 0.6) is 0 Å². The number of azo groups is 2. The van der Waals surface area contributed by atoms with Gasteiger partial charge in [-0.3, -0.25) is 0 Å². The Kier molecular flexibility index (Phi) is 6.83. The van der Waals surface area contributed by atoms with Crippen LogP contribution in [0.25, 0.3) is 9.53 Å². The molecule has 2 aromatic carbocycles. The molecule has 1 saturated heterocycles. The van der Waals surface area contributed by atoms with E-state index in [0.717, 1.165) is 45.4 Å². The molecule has 2 aromatic heterocycles. The summed E-state index contributed by atoms with van der Waals surface area (Å²) in [4.78, 5) is 7.92. The predicted octanol–water partition coefficient (Wildman–Crippen LogP) is 9.13. The summed E-state index contributed by atoms with van der Waals surface area (Å²) in [6.45, 7) is 4.50. The minimum Gasteiger partial charge on any atom is -0.372 e. The van der Waals surface area contributed by atoms with Gasteiger partial charge in [0.25, 0.3) is 0 Å². The summed E-state index contributed by atoms with van der Waals surface area (Å²) in [5.41, 5.74) is 4.31. The first-order chi connectivity index (χ1) is 16.3. The van der Waals surface area contributed by atoms with Gasteiger partial charge in [-0.15, -0.1) is 20.5 Å². The van der Waals surface area contributed by atoms with Crippen molar-refractivity contribution in [2.45, 2.75) is 39.0 Å². The van der Waals surface area contributed by atoms with Crippen molar-refractivity contribution in [1.29, 1.82) is 0 Å². The van der Waals surface area contributed by atoms with Crippen LogP contribution in [-0.4, -0.2) is 18.1 Å². The third kappa shape index (κ3) is 5.51. The Labute approximate surface area is 201 Å². The first-order valence-corrected chi connectivity index (χ1v) is 13.1. The second kappa shape index (κ2) is 10.3. The monoisotopic (exact) mass is 474 g/mol. The van der Waals surface area contributed by atoms with Gasteiger partial charge >= 0.3 is 0 Å². The van der Waals surface area contributed by atoms with Gasteiger partial charge in [0.05, 0.1) is 16.1 Å². The lowest BCUT2D eigenvalue weighted by Crippen LogP contribution is -2.17. The SMILES string of the molecule is CCCCc1ccc(N=Nc2nc3sc(N=Nc4ccc(N5CCCC5)cc4)cc3s2)cc1. The summed E-state index contributed by atoms with van der Waals surface area (Å²) in [5, 5.41) is 19.0. The van der Waals surface area contributed by atoms with E-state index in [1.165, 1.54) is 59.6 Å². The quantitative estimate of drug-likeness (QED) is 0.239. The van der Waals surface area contributed by atoms with Gasteiger partial charge in [0, 0.05) is 18.8 Å². The topological polar surface area (TPSA) is 65.6 Å². The van der Waals surface area contributed by atoms with E-state index in [-0.39, 0.29) is 0 Å². The average Bonchev–Trinajstić information content (AvgIpc) is 3.58. The van der Waals surface area contributed by atoms with Crippen LogP contribution in [0.1, 0.15) is 38.2 Å². The molecule has 0 saturated carbocycles. The van der Waals surface area contributed by atoms with Crippen LogP contribution in [0.4, 0.5) is 27.2 Å². The van der Waals surface area contributed by atoms with Crippen LogP contribution < -0.4 is 4.90 Å². The normalized spacial score (nSPS) is 14.4. The molecule has 168 valence electrons. The zero-order valence-electron chi connectivity index (χ0n) is 18.6. The number of rotatable bonds is 8. The molecule has 1 aliphatic heterocycles. The lowest BCUT2D eigenvalue weighted by atomic mass is 10.1. The fraction of sp³-hybridized carbons (Fsp3) is 0.320. The molecular weight excluding hydrogens is 448 g/mol. The van der Waals surface area contributed by atoms with Crippen molar-refractivity contribution in [3.63, 3.8) is 0 Å². The highest BCUT2D eigenvalue weighted by Gasteiger charge is 2.12. The third-order valence-electron chi connectivity index (χ3n) is 5.66. The van der Waals surface area contributed by atoms with E-state index in [1.807, 2.05) is 30.3 Å². The molecule has 0 atom stereocenters. The highest BCUT2D eigenvalue weighted by atomic mass is 32.1. The fourth-order valence-electron chi connectivity index (χ4n) is 3.83. The molecule has 4 aromatic rings. The number of aromatic nitrogens is 1. The number of fused-ring (bicyclic) bond motifs is 1. The summed E-state index contributed by atoms with van der Waals surface area (Å²) in [5.74, 6) is 0. The molecular formula is C25H26N6S2. The first kappa shape index (κ1) is 21.9. The van der Waals surface area contributed by atoms with Crippen molar-refractivity contribution >= 4 is 59.4 Å². The number of nitrogens with zero attached hydrogens (tertiary/aromatic N) is 6. The van der Waals surface area contributed by atoms with Crippen LogP contribution in [0.2, 0.25) is 0 Å². The van der Waals surface area contributed by atoms with Crippen molar-refractivity contribution in [2.75, 3.05) is 18.0 Å². The number of aryl methyl sites for hydroxylation is 1. The number of unbranched alkanes of at least 4 members (excludes halogenated alkanes) is 1. The van der Waals surface area contributed by atoms with E-state index in [4.69, 9.17) is 0 Å². The predicted molar refractivity (Wildman–Crippen MR) is 139 cm³/mol. The third-order valence-corrected chi connectivity index (χ3v) is 7.59.